The molecule has 0 saturated heterocycles. The third kappa shape index (κ3) is 12.4. The SMILES string of the molecule is C#CCCC(NC(=O)CCOCCCNC(=O)CCNC)C(N)=O. The van der Waals surface area contributed by atoms with Gasteiger partial charge in [-0.3, -0.25) is 14.4 Å². The van der Waals surface area contributed by atoms with E-state index in [1.165, 1.54) is 0 Å². The van der Waals surface area contributed by atoms with Crippen molar-refractivity contribution < 1.29 is 19.1 Å². The minimum atomic E-state index is -0.749. The summed E-state index contributed by atoms with van der Waals surface area (Å²) in [5, 5.41) is 8.20. The van der Waals surface area contributed by atoms with Gasteiger partial charge in [-0.05, 0) is 19.9 Å². The van der Waals surface area contributed by atoms with E-state index in [-0.39, 0.29) is 24.8 Å². The molecule has 0 radical (unpaired) electrons. The molecule has 0 aromatic carbocycles. The first-order valence-electron chi connectivity index (χ1n) is 8.02. The molecule has 0 spiro atoms. The number of hydrogen-bond donors (Lipinski definition) is 4. The second kappa shape index (κ2) is 14.5. The van der Waals surface area contributed by atoms with E-state index in [1.807, 2.05) is 0 Å². The molecule has 0 aliphatic carbocycles. The summed E-state index contributed by atoms with van der Waals surface area (Å²) >= 11 is 0. The number of terminal acetylenes is 1. The number of nitrogens with one attached hydrogen (secondary N) is 3. The second-order valence-corrected chi connectivity index (χ2v) is 5.18. The zero-order chi connectivity index (χ0) is 18.2. The molecule has 136 valence electrons. The number of primary amides is 1. The van der Waals surface area contributed by atoms with Gasteiger partial charge < -0.3 is 26.4 Å². The van der Waals surface area contributed by atoms with Crippen LogP contribution in [0.15, 0.2) is 0 Å². The van der Waals surface area contributed by atoms with E-state index in [0.717, 1.165) is 0 Å². The van der Waals surface area contributed by atoms with Crippen LogP contribution in [0.1, 0.15) is 32.1 Å². The molecule has 0 aromatic rings. The molecule has 0 aliphatic rings. The Morgan fingerprint density at radius 1 is 1.17 bits per heavy atom. The van der Waals surface area contributed by atoms with E-state index >= 15 is 0 Å². The van der Waals surface area contributed by atoms with Crippen molar-refractivity contribution in [1.29, 1.82) is 0 Å². The van der Waals surface area contributed by atoms with Gasteiger partial charge in [-0.1, -0.05) is 0 Å². The van der Waals surface area contributed by atoms with E-state index in [2.05, 4.69) is 21.9 Å². The predicted molar refractivity (Wildman–Crippen MR) is 90.8 cm³/mol. The molecule has 0 bridgehead atoms. The first-order chi connectivity index (χ1) is 11.5. The molecule has 8 nitrogen and oxygen atoms in total. The smallest absolute Gasteiger partial charge is 0.240 e. The minimum Gasteiger partial charge on any atom is -0.381 e. The second-order valence-electron chi connectivity index (χ2n) is 5.18. The van der Waals surface area contributed by atoms with Gasteiger partial charge in [0.1, 0.15) is 6.04 Å². The fraction of sp³-hybridized carbons (Fsp3) is 0.688. The first-order valence-corrected chi connectivity index (χ1v) is 8.02. The van der Waals surface area contributed by atoms with Gasteiger partial charge in [-0.15, -0.1) is 12.3 Å². The third-order valence-corrected chi connectivity index (χ3v) is 3.12. The van der Waals surface area contributed by atoms with E-state index < -0.39 is 11.9 Å². The van der Waals surface area contributed by atoms with Gasteiger partial charge in [0.05, 0.1) is 6.61 Å². The summed E-state index contributed by atoms with van der Waals surface area (Å²) < 4.78 is 5.32. The van der Waals surface area contributed by atoms with Crippen molar-refractivity contribution in [3.63, 3.8) is 0 Å². The van der Waals surface area contributed by atoms with E-state index in [9.17, 15) is 14.4 Å². The average Bonchev–Trinajstić information content (AvgIpc) is 2.55. The van der Waals surface area contributed by atoms with Crippen molar-refractivity contribution in [3.05, 3.63) is 0 Å². The molecule has 1 unspecified atom stereocenters. The van der Waals surface area contributed by atoms with Gasteiger partial charge in [0.25, 0.3) is 0 Å². The summed E-state index contributed by atoms with van der Waals surface area (Å²) in [6, 6.07) is -0.749. The highest BCUT2D eigenvalue weighted by Gasteiger charge is 2.16. The molecule has 24 heavy (non-hydrogen) atoms. The number of amides is 3. The van der Waals surface area contributed by atoms with Crippen LogP contribution < -0.4 is 21.7 Å². The Bertz CT molecular complexity index is 434. The highest BCUT2D eigenvalue weighted by Crippen LogP contribution is 1.97. The van der Waals surface area contributed by atoms with E-state index in [4.69, 9.17) is 16.9 Å². The average molecular weight is 340 g/mol. The molecular weight excluding hydrogens is 312 g/mol. The number of nitrogens with two attached hydrogens (primary N) is 1. The van der Waals surface area contributed by atoms with Crippen LogP contribution in [-0.2, 0) is 19.1 Å². The normalized spacial score (nSPS) is 11.3. The highest BCUT2D eigenvalue weighted by atomic mass is 16.5. The van der Waals surface area contributed by atoms with Crippen molar-refractivity contribution in [2.45, 2.75) is 38.1 Å². The van der Waals surface area contributed by atoms with Crippen LogP contribution in [0, 0.1) is 12.3 Å². The minimum absolute atomic E-state index is 0.00631. The lowest BCUT2D eigenvalue weighted by atomic mass is 10.1. The zero-order valence-electron chi connectivity index (χ0n) is 14.2. The molecule has 0 heterocycles. The van der Waals surface area contributed by atoms with E-state index in [1.54, 1.807) is 7.05 Å². The molecule has 0 aliphatic heterocycles. The Kier molecular flexibility index (Phi) is 13.2. The van der Waals surface area contributed by atoms with Crippen LogP contribution in [0.3, 0.4) is 0 Å². The standard InChI is InChI=1S/C16H28N4O4/c1-3-4-6-13(16(17)23)20-15(22)8-12-24-11-5-9-19-14(21)7-10-18-2/h1,13,18H,4-12H2,2H3,(H2,17,23)(H,19,21)(H,20,22). The van der Waals surface area contributed by atoms with Crippen LogP contribution in [0.5, 0.6) is 0 Å². The summed E-state index contributed by atoms with van der Waals surface area (Å²) in [5.74, 6) is 1.48. The summed E-state index contributed by atoms with van der Waals surface area (Å²) in [5.41, 5.74) is 5.20. The molecule has 0 fully saturated rings. The van der Waals surface area contributed by atoms with Crippen LogP contribution in [0.25, 0.3) is 0 Å². The van der Waals surface area contributed by atoms with Gasteiger partial charge in [0.15, 0.2) is 0 Å². The molecule has 0 aromatic heterocycles. The van der Waals surface area contributed by atoms with Crippen molar-refractivity contribution >= 4 is 17.7 Å². The van der Waals surface area contributed by atoms with Gasteiger partial charge in [0, 0.05) is 39.0 Å². The Morgan fingerprint density at radius 2 is 1.92 bits per heavy atom. The fourth-order valence-corrected chi connectivity index (χ4v) is 1.78. The Balaban J connectivity index is 3.66. The maximum atomic E-state index is 11.7. The summed E-state index contributed by atoms with van der Waals surface area (Å²) in [7, 11) is 1.79. The van der Waals surface area contributed by atoms with Gasteiger partial charge in [-0.2, -0.15) is 0 Å². The number of carbonyl (C=O) groups is 3. The highest BCUT2D eigenvalue weighted by molar-refractivity contribution is 5.86. The summed E-state index contributed by atoms with van der Waals surface area (Å²) in [6.45, 7) is 1.85. The quantitative estimate of drug-likeness (QED) is 0.236. The Morgan fingerprint density at radius 3 is 2.54 bits per heavy atom. The van der Waals surface area contributed by atoms with Crippen LogP contribution >= 0.6 is 0 Å². The number of rotatable bonds is 14. The van der Waals surface area contributed by atoms with Gasteiger partial charge >= 0.3 is 0 Å². The van der Waals surface area contributed by atoms with E-state index in [0.29, 0.717) is 45.4 Å². The Hall–Kier alpha value is -2.11. The maximum absolute atomic E-state index is 11.7. The number of carbonyl (C=O) groups excluding carboxylic acids is 3. The number of ether oxygens (including phenoxy) is 1. The van der Waals surface area contributed by atoms with Gasteiger partial charge in [0.2, 0.25) is 17.7 Å². The molecule has 1 atom stereocenters. The van der Waals surface area contributed by atoms with Crippen molar-refractivity contribution in [2.24, 2.45) is 5.73 Å². The predicted octanol–water partition coefficient (Wildman–Crippen LogP) is -1.11. The van der Waals surface area contributed by atoms with Crippen LogP contribution in [0.2, 0.25) is 0 Å². The largest absolute Gasteiger partial charge is 0.381 e. The van der Waals surface area contributed by atoms with Crippen LogP contribution in [-0.4, -0.2) is 57.1 Å². The lowest BCUT2D eigenvalue weighted by Gasteiger charge is -2.14. The monoisotopic (exact) mass is 340 g/mol. The third-order valence-electron chi connectivity index (χ3n) is 3.12. The molecule has 5 N–H and O–H groups in total. The number of hydrogen-bond acceptors (Lipinski definition) is 5. The first kappa shape index (κ1) is 21.9. The van der Waals surface area contributed by atoms with Crippen molar-refractivity contribution in [1.82, 2.24) is 16.0 Å². The van der Waals surface area contributed by atoms with Crippen molar-refractivity contribution in [3.8, 4) is 12.3 Å². The lowest BCUT2D eigenvalue weighted by Crippen LogP contribution is -2.44. The molecule has 3 amide bonds. The summed E-state index contributed by atoms with van der Waals surface area (Å²) in [4.78, 5) is 34.2. The topological polar surface area (TPSA) is 123 Å². The maximum Gasteiger partial charge on any atom is 0.240 e. The molecule has 0 saturated carbocycles. The molecular formula is C16H28N4O4. The van der Waals surface area contributed by atoms with Crippen molar-refractivity contribution in [2.75, 3.05) is 33.4 Å². The Labute approximate surface area is 143 Å². The molecule has 0 rings (SSSR count). The summed E-state index contributed by atoms with van der Waals surface area (Å²) in [6.07, 6.45) is 7.06. The van der Waals surface area contributed by atoms with Gasteiger partial charge in [-0.25, -0.2) is 0 Å². The zero-order valence-corrected chi connectivity index (χ0v) is 14.2. The molecule has 8 heteroatoms. The van der Waals surface area contributed by atoms with Crippen LogP contribution in [0.4, 0.5) is 0 Å². The lowest BCUT2D eigenvalue weighted by molar-refractivity contribution is -0.128. The fourth-order valence-electron chi connectivity index (χ4n) is 1.78.